The van der Waals surface area contributed by atoms with Crippen molar-refractivity contribution in [1.82, 2.24) is 25.0 Å². The summed E-state index contributed by atoms with van der Waals surface area (Å²) in [6.07, 6.45) is 3.37. The number of hydrogen-bond donors (Lipinski definition) is 1. The molecule has 0 aliphatic carbocycles. The first kappa shape index (κ1) is 18.7. The topological polar surface area (TPSA) is 91.4 Å². The lowest BCUT2D eigenvalue weighted by Gasteiger charge is -2.34. The Hall–Kier alpha value is -3.68. The van der Waals surface area contributed by atoms with E-state index in [0.717, 1.165) is 5.56 Å². The van der Waals surface area contributed by atoms with Crippen LogP contribution < -0.4 is 4.74 Å². The average Bonchev–Trinajstić information content (AvgIpc) is 3.29. The molecule has 148 valence electrons. The number of methoxy groups -OCH3 is 1. The number of pyridine rings is 1. The van der Waals surface area contributed by atoms with E-state index in [1.807, 2.05) is 12.1 Å². The molecular formula is C21H21N5O3. The summed E-state index contributed by atoms with van der Waals surface area (Å²) in [6, 6.07) is 12.5. The zero-order chi connectivity index (χ0) is 20.2. The van der Waals surface area contributed by atoms with Crippen molar-refractivity contribution < 1.29 is 14.3 Å². The van der Waals surface area contributed by atoms with Gasteiger partial charge in [-0.25, -0.2) is 0 Å². The molecule has 1 saturated heterocycles. The molecule has 1 aliphatic heterocycles. The summed E-state index contributed by atoms with van der Waals surface area (Å²) in [7, 11) is 1.57. The summed E-state index contributed by atoms with van der Waals surface area (Å²) in [5.74, 6) is 0.470. The highest BCUT2D eigenvalue weighted by Crippen LogP contribution is 2.19. The molecule has 0 saturated carbocycles. The number of nitrogens with one attached hydrogen (secondary N) is 1. The summed E-state index contributed by atoms with van der Waals surface area (Å²) < 4.78 is 5.19. The number of H-pyrrole nitrogens is 1. The Morgan fingerprint density at radius 1 is 0.966 bits per heavy atom. The van der Waals surface area contributed by atoms with Gasteiger partial charge in [0.2, 0.25) is 0 Å². The van der Waals surface area contributed by atoms with Gasteiger partial charge in [-0.1, -0.05) is 6.07 Å². The van der Waals surface area contributed by atoms with Crippen molar-refractivity contribution in [1.29, 1.82) is 0 Å². The molecule has 0 unspecified atom stereocenters. The summed E-state index contributed by atoms with van der Waals surface area (Å²) in [5, 5.41) is 7.04. The van der Waals surface area contributed by atoms with Crippen molar-refractivity contribution in [2.45, 2.75) is 0 Å². The molecule has 2 aromatic heterocycles. The van der Waals surface area contributed by atoms with Crippen molar-refractivity contribution in [3.8, 4) is 17.0 Å². The maximum absolute atomic E-state index is 12.8. The molecule has 3 aromatic rings. The van der Waals surface area contributed by atoms with Crippen LogP contribution in [0.25, 0.3) is 11.3 Å². The average molecular weight is 391 g/mol. The van der Waals surface area contributed by atoms with Crippen molar-refractivity contribution >= 4 is 11.8 Å². The molecule has 8 nitrogen and oxygen atoms in total. The minimum atomic E-state index is -0.119. The largest absolute Gasteiger partial charge is 0.497 e. The smallest absolute Gasteiger partial charge is 0.272 e. The Morgan fingerprint density at radius 2 is 1.66 bits per heavy atom. The second-order valence-electron chi connectivity index (χ2n) is 6.72. The molecule has 3 heterocycles. The summed E-state index contributed by atoms with van der Waals surface area (Å²) >= 11 is 0. The predicted octanol–water partition coefficient (Wildman–Crippen LogP) is 2.08. The number of benzene rings is 1. The van der Waals surface area contributed by atoms with Gasteiger partial charge in [0.05, 0.1) is 12.8 Å². The third kappa shape index (κ3) is 3.96. The number of piperazine rings is 1. The SMILES string of the molecule is COc1cccc(C(=O)N2CCN(C(=O)c3cc(-c4ccncc4)n[nH]3)CC2)c1. The third-order valence-electron chi connectivity index (χ3n) is 4.96. The maximum Gasteiger partial charge on any atom is 0.272 e. The van der Waals surface area contributed by atoms with Gasteiger partial charge in [0.25, 0.3) is 11.8 Å². The number of nitrogens with zero attached hydrogens (tertiary/aromatic N) is 4. The number of rotatable bonds is 4. The van der Waals surface area contributed by atoms with E-state index in [4.69, 9.17) is 4.74 Å². The lowest BCUT2D eigenvalue weighted by atomic mass is 10.1. The van der Waals surface area contributed by atoms with E-state index in [9.17, 15) is 9.59 Å². The van der Waals surface area contributed by atoms with Crippen LogP contribution in [-0.2, 0) is 0 Å². The Morgan fingerprint density at radius 3 is 2.34 bits per heavy atom. The van der Waals surface area contributed by atoms with Gasteiger partial charge in [0, 0.05) is 49.7 Å². The number of hydrogen-bond acceptors (Lipinski definition) is 5. The molecule has 0 spiro atoms. The predicted molar refractivity (Wildman–Crippen MR) is 107 cm³/mol. The molecule has 0 bridgehead atoms. The Labute approximate surface area is 168 Å². The number of aromatic nitrogens is 3. The molecule has 1 N–H and O–H groups in total. The molecular weight excluding hydrogens is 370 g/mol. The van der Waals surface area contributed by atoms with Gasteiger partial charge < -0.3 is 14.5 Å². The quantitative estimate of drug-likeness (QED) is 0.735. The molecule has 4 rings (SSSR count). The van der Waals surface area contributed by atoms with E-state index in [1.165, 1.54) is 0 Å². The zero-order valence-electron chi connectivity index (χ0n) is 16.0. The molecule has 1 aromatic carbocycles. The normalized spacial score (nSPS) is 14.0. The molecule has 1 fully saturated rings. The van der Waals surface area contributed by atoms with Gasteiger partial charge in [-0.3, -0.25) is 19.7 Å². The fourth-order valence-electron chi connectivity index (χ4n) is 3.32. The fourth-order valence-corrected chi connectivity index (χ4v) is 3.32. The van der Waals surface area contributed by atoms with E-state index in [2.05, 4.69) is 15.2 Å². The minimum Gasteiger partial charge on any atom is -0.497 e. The lowest BCUT2D eigenvalue weighted by molar-refractivity contribution is 0.0532. The number of aromatic amines is 1. The molecule has 1 aliphatic rings. The monoisotopic (exact) mass is 391 g/mol. The summed E-state index contributed by atoms with van der Waals surface area (Å²) in [6.45, 7) is 1.90. The van der Waals surface area contributed by atoms with Crippen LogP contribution in [-0.4, -0.2) is 70.1 Å². The van der Waals surface area contributed by atoms with Gasteiger partial charge in [-0.2, -0.15) is 5.10 Å². The summed E-state index contributed by atoms with van der Waals surface area (Å²) in [4.78, 5) is 33.0. The Kier molecular flexibility index (Phi) is 5.24. The first-order valence-corrected chi connectivity index (χ1v) is 9.34. The van der Waals surface area contributed by atoms with Crippen LogP contribution in [0, 0.1) is 0 Å². The third-order valence-corrected chi connectivity index (χ3v) is 4.96. The van der Waals surface area contributed by atoms with E-state index >= 15 is 0 Å². The van der Waals surface area contributed by atoms with Crippen LogP contribution >= 0.6 is 0 Å². The van der Waals surface area contributed by atoms with E-state index in [-0.39, 0.29) is 11.8 Å². The lowest BCUT2D eigenvalue weighted by Crippen LogP contribution is -2.50. The van der Waals surface area contributed by atoms with Crippen LogP contribution in [0.3, 0.4) is 0 Å². The molecule has 0 atom stereocenters. The number of carbonyl (C=O) groups is 2. The highest BCUT2D eigenvalue weighted by molar-refractivity contribution is 5.96. The zero-order valence-corrected chi connectivity index (χ0v) is 16.0. The van der Waals surface area contributed by atoms with Gasteiger partial charge >= 0.3 is 0 Å². The van der Waals surface area contributed by atoms with E-state index in [1.54, 1.807) is 59.6 Å². The number of carbonyl (C=O) groups excluding carboxylic acids is 2. The molecule has 8 heteroatoms. The Bertz CT molecular complexity index is 1010. The van der Waals surface area contributed by atoms with Gasteiger partial charge in [0.15, 0.2) is 0 Å². The highest BCUT2D eigenvalue weighted by Gasteiger charge is 2.26. The first-order chi connectivity index (χ1) is 14.2. The molecule has 29 heavy (non-hydrogen) atoms. The standard InChI is InChI=1S/C21H21N5O3/c1-29-17-4-2-3-16(13-17)20(27)25-9-11-26(12-10-25)21(28)19-14-18(23-24-19)15-5-7-22-8-6-15/h2-8,13-14H,9-12H2,1H3,(H,23,24). The van der Waals surface area contributed by atoms with Crippen LogP contribution in [0.2, 0.25) is 0 Å². The maximum atomic E-state index is 12.8. The second kappa shape index (κ2) is 8.14. The van der Waals surface area contributed by atoms with Crippen LogP contribution in [0.1, 0.15) is 20.8 Å². The highest BCUT2D eigenvalue weighted by atomic mass is 16.5. The number of amides is 2. The van der Waals surface area contributed by atoms with E-state index < -0.39 is 0 Å². The van der Waals surface area contributed by atoms with Crippen molar-refractivity contribution in [3.05, 3.63) is 66.1 Å². The number of ether oxygens (including phenoxy) is 1. The van der Waals surface area contributed by atoms with Crippen LogP contribution in [0.4, 0.5) is 0 Å². The van der Waals surface area contributed by atoms with Gasteiger partial charge in [-0.15, -0.1) is 0 Å². The summed E-state index contributed by atoms with van der Waals surface area (Å²) in [5.41, 5.74) is 2.61. The van der Waals surface area contributed by atoms with Crippen molar-refractivity contribution in [2.24, 2.45) is 0 Å². The van der Waals surface area contributed by atoms with Crippen molar-refractivity contribution in [2.75, 3.05) is 33.3 Å². The first-order valence-electron chi connectivity index (χ1n) is 9.34. The fraction of sp³-hybridized carbons (Fsp3) is 0.238. The van der Waals surface area contributed by atoms with Crippen LogP contribution in [0.15, 0.2) is 54.9 Å². The van der Waals surface area contributed by atoms with Crippen LogP contribution in [0.5, 0.6) is 5.75 Å². The van der Waals surface area contributed by atoms with Crippen molar-refractivity contribution in [3.63, 3.8) is 0 Å². The minimum absolute atomic E-state index is 0.0579. The second-order valence-corrected chi connectivity index (χ2v) is 6.72. The van der Waals surface area contributed by atoms with Gasteiger partial charge in [-0.05, 0) is 36.4 Å². The molecule has 0 radical (unpaired) electrons. The Balaban J connectivity index is 1.39. The van der Waals surface area contributed by atoms with Gasteiger partial charge in [0.1, 0.15) is 11.4 Å². The molecule has 2 amide bonds. The van der Waals surface area contributed by atoms with E-state index in [0.29, 0.717) is 48.9 Å².